The summed E-state index contributed by atoms with van der Waals surface area (Å²) in [5.41, 5.74) is 2.49. The van der Waals surface area contributed by atoms with Crippen LogP contribution in [0.3, 0.4) is 0 Å². The normalized spacial score (nSPS) is 17.4. The number of fused-ring (bicyclic) bond motifs is 1. The van der Waals surface area contributed by atoms with Crippen LogP contribution >= 0.6 is 0 Å². The zero-order chi connectivity index (χ0) is 18.7. The van der Waals surface area contributed by atoms with E-state index < -0.39 is 22.0 Å². The second-order valence-electron chi connectivity index (χ2n) is 5.69. The maximum atomic E-state index is 13.0. The lowest BCUT2D eigenvalue weighted by Crippen LogP contribution is -2.32. The van der Waals surface area contributed by atoms with E-state index in [1.54, 1.807) is 54.0 Å². The highest BCUT2D eigenvalue weighted by Gasteiger charge is 2.43. The summed E-state index contributed by atoms with van der Waals surface area (Å²) >= 11 is 0. The molecule has 7 nitrogen and oxygen atoms in total. The molecule has 0 aliphatic carbocycles. The number of rotatable bonds is 6. The molecule has 1 atom stereocenters. The number of hydrogen-bond acceptors (Lipinski definition) is 5. The molecule has 0 saturated carbocycles. The minimum absolute atomic E-state index is 0.155. The van der Waals surface area contributed by atoms with E-state index in [0.29, 0.717) is 23.6 Å². The fourth-order valence-electron chi connectivity index (χ4n) is 2.97. The third kappa shape index (κ3) is 3.16. The van der Waals surface area contributed by atoms with Crippen molar-refractivity contribution < 1.29 is 23.2 Å². The third-order valence-electron chi connectivity index (χ3n) is 4.06. The van der Waals surface area contributed by atoms with E-state index >= 15 is 0 Å². The molecule has 2 aromatic carbocycles. The number of benzene rings is 2. The Morgan fingerprint density at radius 1 is 1.23 bits per heavy atom. The molecule has 0 fully saturated rings. The summed E-state index contributed by atoms with van der Waals surface area (Å²) in [5, 5.41) is 8.86. The van der Waals surface area contributed by atoms with Crippen LogP contribution in [0.5, 0.6) is 5.75 Å². The lowest BCUT2D eigenvalue weighted by molar-refractivity contribution is -0.129. The number of nitrogens with zero attached hydrogens (tertiary/aromatic N) is 1. The molecule has 2 aromatic rings. The highest BCUT2D eigenvalue weighted by Crippen LogP contribution is 2.44. The summed E-state index contributed by atoms with van der Waals surface area (Å²) in [6.45, 7) is 3.91. The van der Waals surface area contributed by atoms with Crippen molar-refractivity contribution in [3.63, 3.8) is 0 Å². The van der Waals surface area contributed by atoms with E-state index in [1.807, 2.05) is 0 Å². The van der Waals surface area contributed by atoms with Crippen molar-refractivity contribution in [2.45, 2.75) is 17.4 Å². The Bertz CT molecular complexity index is 925. The van der Waals surface area contributed by atoms with Crippen molar-refractivity contribution in [3.05, 3.63) is 66.7 Å². The van der Waals surface area contributed by atoms with Crippen molar-refractivity contribution in [2.24, 2.45) is 0 Å². The van der Waals surface area contributed by atoms with Gasteiger partial charge in [0, 0.05) is 0 Å². The maximum Gasteiger partial charge on any atom is 0.265 e. The number of sulfonamides is 1. The number of ether oxygens (including phenoxy) is 1. The summed E-state index contributed by atoms with van der Waals surface area (Å²) in [5.74, 6) is -0.0924. The predicted octanol–water partition coefficient (Wildman–Crippen LogP) is 2.40. The monoisotopic (exact) mass is 374 g/mol. The van der Waals surface area contributed by atoms with Gasteiger partial charge in [0.25, 0.3) is 10.0 Å². The second-order valence-corrected chi connectivity index (χ2v) is 7.47. The molecule has 3 rings (SSSR count). The van der Waals surface area contributed by atoms with Crippen molar-refractivity contribution in [1.82, 2.24) is 5.48 Å². The number of carbonyl (C=O) groups excluding carboxylic acids is 1. The van der Waals surface area contributed by atoms with Gasteiger partial charge in [0.2, 0.25) is 5.91 Å². The number of hydroxylamine groups is 1. The first kappa shape index (κ1) is 18.0. The second kappa shape index (κ2) is 7.19. The van der Waals surface area contributed by atoms with Gasteiger partial charge >= 0.3 is 0 Å². The molecule has 0 radical (unpaired) electrons. The summed E-state index contributed by atoms with van der Waals surface area (Å²) in [6.07, 6.45) is 1.40. The average molecular weight is 374 g/mol. The van der Waals surface area contributed by atoms with Crippen LogP contribution in [0.4, 0.5) is 5.69 Å². The number of carbonyl (C=O) groups is 1. The van der Waals surface area contributed by atoms with E-state index in [2.05, 4.69) is 6.58 Å². The van der Waals surface area contributed by atoms with Crippen LogP contribution in [0, 0.1) is 0 Å². The predicted molar refractivity (Wildman–Crippen MR) is 95.5 cm³/mol. The SMILES string of the molecule is C=CCOc1ccc(N2C(CC(=O)NO)c3ccccc3S2(=O)=O)cc1. The molecule has 8 heteroatoms. The van der Waals surface area contributed by atoms with Gasteiger partial charge in [-0.1, -0.05) is 30.9 Å². The molecular weight excluding hydrogens is 356 g/mol. The summed E-state index contributed by atoms with van der Waals surface area (Å²) < 4.78 is 32.6. The number of amides is 1. The molecule has 0 aromatic heterocycles. The molecule has 26 heavy (non-hydrogen) atoms. The standard InChI is InChI=1S/C18H18N2O5S/c1-2-11-25-14-9-7-13(8-10-14)20-16(12-18(21)19-22)15-5-3-4-6-17(15)26(20,23)24/h2-10,16,22H,1,11-12H2,(H,19,21). The Kier molecular flexibility index (Phi) is 4.97. The van der Waals surface area contributed by atoms with Gasteiger partial charge in [-0.25, -0.2) is 13.9 Å². The van der Waals surface area contributed by atoms with Gasteiger partial charge in [0.1, 0.15) is 12.4 Å². The van der Waals surface area contributed by atoms with Crippen molar-refractivity contribution in [2.75, 3.05) is 10.9 Å². The van der Waals surface area contributed by atoms with Crippen LogP contribution in [0.15, 0.2) is 66.1 Å². The van der Waals surface area contributed by atoms with E-state index in [1.165, 1.54) is 10.4 Å². The molecule has 1 unspecified atom stereocenters. The Morgan fingerprint density at radius 2 is 1.92 bits per heavy atom. The fraction of sp³-hybridized carbons (Fsp3) is 0.167. The van der Waals surface area contributed by atoms with Gasteiger partial charge in [-0.15, -0.1) is 0 Å². The molecule has 136 valence electrons. The van der Waals surface area contributed by atoms with Gasteiger partial charge in [-0.2, -0.15) is 0 Å². The molecular formula is C18H18N2O5S. The van der Waals surface area contributed by atoms with Crippen LogP contribution in [0.2, 0.25) is 0 Å². The average Bonchev–Trinajstić information content (AvgIpc) is 2.87. The van der Waals surface area contributed by atoms with E-state index in [4.69, 9.17) is 9.94 Å². The van der Waals surface area contributed by atoms with Crippen LogP contribution in [-0.2, 0) is 14.8 Å². The highest BCUT2D eigenvalue weighted by molar-refractivity contribution is 7.93. The molecule has 1 aliphatic rings. The Labute approximate surface area is 151 Å². The highest BCUT2D eigenvalue weighted by atomic mass is 32.2. The van der Waals surface area contributed by atoms with Gasteiger partial charge in [-0.3, -0.25) is 14.3 Å². The fourth-order valence-corrected chi connectivity index (χ4v) is 4.85. The third-order valence-corrected chi connectivity index (χ3v) is 5.97. The minimum Gasteiger partial charge on any atom is -0.490 e. The maximum absolute atomic E-state index is 13.0. The molecule has 1 heterocycles. The number of hydrogen-bond donors (Lipinski definition) is 2. The molecule has 0 spiro atoms. The summed E-state index contributed by atoms with van der Waals surface area (Å²) in [4.78, 5) is 11.9. The first-order valence-corrected chi connectivity index (χ1v) is 9.33. The van der Waals surface area contributed by atoms with Crippen molar-refractivity contribution in [3.8, 4) is 5.75 Å². The molecule has 0 saturated heterocycles. The largest absolute Gasteiger partial charge is 0.490 e. The lowest BCUT2D eigenvalue weighted by atomic mass is 10.0. The van der Waals surface area contributed by atoms with Gasteiger partial charge in [0.05, 0.1) is 23.0 Å². The van der Waals surface area contributed by atoms with Gasteiger partial charge in [-0.05, 0) is 35.9 Å². The Morgan fingerprint density at radius 3 is 2.58 bits per heavy atom. The molecule has 1 amide bonds. The van der Waals surface area contributed by atoms with Gasteiger partial charge in [0.15, 0.2) is 0 Å². The zero-order valence-corrected chi connectivity index (χ0v) is 14.6. The van der Waals surface area contributed by atoms with E-state index in [9.17, 15) is 13.2 Å². The molecule has 0 bridgehead atoms. The van der Waals surface area contributed by atoms with E-state index in [0.717, 1.165) is 0 Å². The van der Waals surface area contributed by atoms with Crippen molar-refractivity contribution in [1.29, 1.82) is 0 Å². The quantitative estimate of drug-likeness (QED) is 0.460. The van der Waals surface area contributed by atoms with E-state index in [-0.39, 0.29) is 11.3 Å². The zero-order valence-electron chi connectivity index (χ0n) is 13.8. The molecule has 1 aliphatic heterocycles. The van der Waals surface area contributed by atoms with Gasteiger partial charge < -0.3 is 4.74 Å². The summed E-state index contributed by atoms with van der Waals surface area (Å²) in [7, 11) is -3.82. The Balaban J connectivity index is 2.03. The lowest BCUT2D eigenvalue weighted by Gasteiger charge is -2.25. The first-order valence-electron chi connectivity index (χ1n) is 7.89. The van der Waals surface area contributed by atoms with Crippen LogP contribution in [-0.4, -0.2) is 26.1 Å². The smallest absolute Gasteiger partial charge is 0.265 e. The molecule has 2 N–H and O–H groups in total. The summed E-state index contributed by atoms with van der Waals surface area (Å²) in [6, 6.07) is 12.3. The topological polar surface area (TPSA) is 95.9 Å². The number of anilines is 1. The van der Waals surface area contributed by atoms with Crippen molar-refractivity contribution >= 4 is 21.6 Å². The first-order chi connectivity index (χ1) is 12.5. The van der Waals surface area contributed by atoms with Crippen LogP contribution < -0.4 is 14.5 Å². The van der Waals surface area contributed by atoms with Crippen LogP contribution in [0.1, 0.15) is 18.0 Å². The number of nitrogens with one attached hydrogen (secondary N) is 1. The van der Waals surface area contributed by atoms with Crippen LogP contribution in [0.25, 0.3) is 0 Å². The minimum atomic E-state index is -3.82. The Hall–Kier alpha value is -2.84.